The van der Waals surface area contributed by atoms with Gasteiger partial charge in [-0.1, -0.05) is 84.0 Å². The number of rotatable bonds is 7. The monoisotopic (exact) mass is 421 g/mol. The van der Waals surface area contributed by atoms with Gasteiger partial charge in [-0.2, -0.15) is 0 Å². The van der Waals surface area contributed by atoms with Crippen molar-refractivity contribution in [3.63, 3.8) is 0 Å². The Kier molecular flexibility index (Phi) is 6.63. The predicted molar refractivity (Wildman–Crippen MR) is 125 cm³/mol. The van der Waals surface area contributed by atoms with Crippen LogP contribution in [0.1, 0.15) is 27.0 Å². The van der Waals surface area contributed by atoms with Crippen LogP contribution in [0.15, 0.2) is 120 Å². The third-order valence-corrected chi connectivity index (χ3v) is 4.77. The highest BCUT2D eigenvalue weighted by Gasteiger charge is 2.07. The third kappa shape index (κ3) is 5.43. The Bertz CT molecular complexity index is 1190. The Morgan fingerprint density at radius 2 is 1.25 bits per heavy atom. The van der Waals surface area contributed by atoms with Gasteiger partial charge in [-0.15, -0.1) is 0 Å². The predicted octanol–water partition coefficient (Wildman–Crippen LogP) is 6.55. The lowest BCUT2D eigenvalue weighted by Gasteiger charge is -2.07. The fraction of sp³-hybridized carbons (Fsp3) is 0. The van der Waals surface area contributed by atoms with Crippen LogP contribution in [0.4, 0.5) is 4.39 Å². The molecule has 0 fully saturated rings. The molecule has 0 unspecified atom stereocenters. The summed E-state index contributed by atoms with van der Waals surface area (Å²) in [5.41, 5.74) is 3.92. The van der Waals surface area contributed by atoms with Crippen molar-refractivity contribution < 1.29 is 14.0 Å². The second kappa shape index (κ2) is 10.1. The molecule has 0 aliphatic heterocycles. The summed E-state index contributed by atoms with van der Waals surface area (Å²) in [5.74, 6) is 0.0214. The van der Waals surface area contributed by atoms with Crippen molar-refractivity contribution in [3.8, 4) is 5.75 Å². The van der Waals surface area contributed by atoms with Crippen molar-refractivity contribution in [2.24, 2.45) is 5.16 Å². The van der Waals surface area contributed by atoms with E-state index < -0.39 is 0 Å². The summed E-state index contributed by atoms with van der Waals surface area (Å²) in [6.45, 7) is 0. The first-order valence-electron chi connectivity index (χ1n) is 10.1. The van der Waals surface area contributed by atoms with Crippen LogP contribution in [-0.2, 0) is 0 Å². The largest absolute Gasteiger partial charge is 0.356 e. The molecule has 0 atom stereocenters. The number of allylic oxidation sites excluding steroid dienone is 1. The molecule has 0 spiro atoms. The zero-order valence-corrected chi connectivity index (χ0v) is 17.2. The molecule has 0 amide bonds. The van der Waals surface area contributed by atoms with Gasteiger partial charge in [-0.3, -0.25) is 4.79 Å². The van der Waals surface area contributed by atoms with Gasteiger partial charge in [0.2, 0.25) is 0 Å². The number of hydrogen-bond donors (Lipinski definition) is 0. The van der Waals surface area contributed by atoms with E-state index >= 15 is 0 Å². The van der Waals surface area contributed by atoms with E-state index in [1.807, 2.05) is 72.8 Å². The van der Waals surface area contributed by atoms with E-state index in [0.717, 1.165) is 22.4 Å². The number of carbonyl (C=O) groups is 1. The van der Waals surface area contributed by atoms with Crippen LogP contribution < -0.4 is 4.84 Å². The Balaban J connectivity index is 1.48. The molecule has 0 aliphatic rings. The van der Waals surface area contributed by atoms with E-state index in [0.29, 0.717) is 11.3 Å². The first-order valence-corrected chi connectivity index (χ1v) is 10.1. The van der Waals surface area contributed by atoms with E-state index in [1.165, 1.54) is 30.3 Å². The highest BCUT2D eigenvalue weighted by Crippen LogP contribution is 2.17. The summed E-state index contributed by atoms with van der Waals surface area (Å²) >= 11 is 0. The van der Waals surface area contributed by atoms with Gasteiger partial charge in [0.1, 0.15) is 11.5 Å². The molecular weight excluding hydrogens is 401 g/mol. The standard InChI is InChI=1S/C28H20FNO2/c29-25-16-14-22(15-17-25)27(31)20-13-21-11-18-26(19-12-21)32-30-28(23-7-3-1-4-8-23)24-9-5-2-6-10-24/h1-20H/b20-13+. The maximum absolute atomic E-state index is 13.0. The Labute approximate surface area is 186 Å². The molecule has 4 heteroatoms. The smallest absolute Gasteiger partial charge is 0.185 e. The molecule has 0 saturated carbocycles. The van der Waals surface area contributed by atoms with Crippen LogP contribution >= 0.6 is 0 Å². The van der Waals surface area contributed by atoms with Crippen molar-refractivity contribution in [1.29, 1.82) is 0 Å². The fourth-order valence-electron chi connectivity index (χ4n) is 3.08. The minimum absolute atomic E-state index is 0.190. The number of carbonyl (C=O) groups excluding carboxylic acids is 1. The van der Waals surface area contributed by atoms with E-state index in [4.69, 9.17) is 4.84 Å². The Morgan fingerprint density at radius 3 is 1.81 bits per heavy atom. The van der Waals surface area contributed by atoms with Gasteiger partial charge >= 0.3 is 0 Å². The van der Waals surface area contributed by atoms with Gasteiger partial charge in [-0.05, 0) is 48.0 Å². The fourth-order valence-corrected chi connectivity index (χ4v) is 3.08. The van der Waals surface area contributed by atoms with Crippen molar-refractivity contribution >= 4 is 17.6 Å². The molecule has 32 heavy (non-hydrogen) atoms. The molecule has 0 aliphatic carbocycles. The average molecular weight is 421 g/mol. The maximum atomic E-state index is 13.0. The van der Waals surface area contributed by atoms with Crippen LogP contribution in [-0.4, -0.2) is 11.5 Å². The molecule has 4 rings (SSSR count). The van der Waals surface area contributed by atoms with E-state index in [-0.39, 0.29) is 11.6 Å². The summed E-state index contributed by atoms with van der Waals surface area (Å²) < 4.78 is 13.0. The third-order valence-electron chi connectivity index (χ3n) is 4.77. The van der Waals surface area contributed by atoms with E-state index in [1.54, 1.807) is 18.2 Å². The SMILES string of the molecule is O=C(/C=C/c1ccc(ON=C(c2ccccc2)c2ccccc2)cc1)c1ccc(F)cc1. The van der Waals surface area contributed by atoms with Gasteiger partial charge in [0, 0.05) is 16.7 Å². The Morgan fingerprint density at radius 1 is 0.688 bits per heavy atom. The van der Waals surface area contributed by atoms with E-state index in [2.05, 4.69) is 5.16 Å². The molecule has 0 heterocycles. The second-order valence-electron chi connectivity index (χ2n) is 7.04. The van der Waals surface area contributed by atoms with Crippen molar-refractivity contribution in [2.45, 2.75) is 0 Å². The molecule has 0 saturated heterocycles. The molecule has 4 aromatic rings. The van der Waals surface area contributed by atoms with Crippen LogP contribution in [0.3, 0.4) is 0 Å². The lowest BCUT2D eigenvalue weighted by molar-refractivity contribution is 0.104. The van der Waals surface area contributed by atoms with Gasteiger partial charge < -0.3 is 4.84 Å². The molecule has 4 aromatic carbocycles. The van der Waals surface area contributed by atoms with Gasteiger partial charge in [0.05, 0.1) is 0 Å². The van der Waals surface area contributed by atoms with Crippen molar-refractivity contribution in [2.75, 3.05) is 0 Å². The lowest BCUT2D eigenvalue weighted by atomic mass is 10.0. The quantitative estimate of drug-likeness (QED) is 0.147. The summed E-state index contributed by atoms with van der Waals surface area (Å²) in [7, 11) is 0. The van der Waals surface area contributed by atoms with Gasteiger partial charge in [0.15, 0.2) is 11.5 Å². The summed E-state index contributed by atoms with van der Waals surface area (Å²) in [6.07, 6.45) is 3.17. The average Bonchev–Trinajstić information content (AvgIpc) is 2.85. The molecule has 0 aromatic heterocycles. The van der Waals surface area contributed by atoms with Crippen LogP contribution in [0.5, 0.6) is 5.75 Å². The van der Waals surface area contributed by atoms with Crippen LogP contribution in [0, 0.1) is 5.82 Å². The number of nitrogens with zero attached hydrogens (tertiary/aromatic N) is 1. The van der Waals surface area contributed by atoms with Crippen molar-refractivity contribution in [1.82, 2.24) is 0 Å². The van der Waals surface area contributed by atoms with Crippen LogP contribution in [0.25, 0.3) is 6.08 Å². The molecular formula is C28H20FNO2. The minimum Gasteiger partial charge on any atom is -0.356 e. The Hall–Kier alpha value is -4.31. The number of oxime groups is 1. The number of ketones is 1. The molecule has 3 nitrogen and oxygen atoms in total. The maximum Gasteiger partial charge on any atom is 0.185 e. The van der Waals surface area contributed by atoms with Gasteiger partial charge in [-0.25, -0.2) is 4.39 Å². The number of hydrogen-bond acceptors (Lipinski definition) is 3. The molecule has 156 valence electrons. The zero-order chi connectivity index (χ0) is 22.2. The number of benzene rings is 4. The highest BCUT2D eigenvalue weighted by atomic mass is 19.1. The van der Waals surface area contributed by atoms with E-state index in [9.17, 15) is 9.18 Å². The van der Waals surface area contributed by atoms with Crippen molar-refractivity contribution in [3.05, 3.63) is 143 Å². The first kappa shape index (κ1) is 20.9. The molecule has 0 N–H and O–H groups in total. The summed E-state index contributed by atoms with van der Waals surface area (Å²) in [4.78, 5) is 17.9. The first-order chi connectivity index (χ1) is 15.7. The molecule has 0 bridgehead atoms. The topological polar surface area (TPSA) is 38.7 Å². The highest BCUT2D eigenvalue weighted by molar-refractivity contribution is 6.12. The normalized spacial score (nSPS) is 10.7. The summed E-state index contributed by atoms with van der Waals surface area (Å²) in [6, 6.07) is 32.4. The zero-order valence-electron chi connectivity index (χ0n) is 17.2. The second-order valence-corrected chi connectivity index (χ2v) is 7.04. The number of halogens is 1. The lowest BCUT2D eigenvalue weighted by Crippen LogP contribution is -2.05. The van der Waals surface area contributed by atoms with Gasteiger partial charge in [0.25, 0.3) is 0 Å². The van der Waals surface area contributed by atoms with Crippen LogP contribution in [0.2, 0.25) is 0 Å². The minimum atomic E-state index is -0.369. The summed E-state index contributed by atoms with van der Waals surface area (Å²) in [5, 5.41) is 4.40. The molecule has 0 radical (unpaired) electrons.